The lowest BCUT2D eigenvalue weighted by atomic mass is 9.78. The summed E-state index contributed by atoms with van der Waals surface area (Å²) in [5, 5.41) is 4.27. The van der Waals surface area contributed by atoms with Gasteiger partial charge < -0.3 is 11.1 Å². The summed E-state index contributed by atoms with van der Waals surface area (Å²) in [5.74, 6) is 0.756. The van der Waals surface area contributed by atoms with Gasteiger partial charge in [-0.1, -0.05) is 38.3 Å². The van der Waals surface area contributed by atoms with Gasteiger partial charge in [0.15, 0.2) is 0 Å². The number of halogens is 1. The second-order valence-corrected chi connectivity index (χ2v) is 7.25. The molecule has 0 amide bonds. The fourth-order valence-corrected chi connectivity index (χ4v) is 3.78. The summed E-state index contributed by atoms with van der Waals surface area (Å²) < 4.78 is 0. The number of anilines is 2. The van der Waals surface area contributed by atoms with Crippen molar-refractivity contribution in [3.05, 3.63) is 22.7 Å². The third-order valence-electron chi connectivity index (χ3n) is 4.50. The Labute approximate surface area is 128 Å². The second-order valence-electron chi connectivity index (χ2n) is 6.85. The van der Waals surface area contributed by atoms with Gasteiger partial charge in [0.1, 0.15) is 0 Å². The molecule has 0 aliphatic heterocycles. The van der Waals surface area contributed by atoms with Gasteiger partial charge in [0, 0.05) is 12.2 Å². The van der Waals surface area contributed by atoms with Crippen LogP contribution in [0.3, 0.4) is 0 Å². The first-order valence-electron chi connectivity index (χ1n) is 7.71. The van der Waals surface area contributed by atoms with E-state index < -0.39 is 0 Å². The molecule has 1 aliphatic rings. The maximum absolute atomic E-state index is 6.14. The van der Waals surface area contributed by atoms with Crippen LogP contribution in [-0.4, -0.2) is 6.54 Å². The van der Waals surface area contributed by atoms with Crippen LogP contribution in [0, 0.1) is 18.3 Å². The highest BCUT2D eigenvalue weighted by atomic mass is 35.5. The topological polar surface area (TPSA) is 38.0 Å². The largest absolute Gasteiger partial charge is 0.398 e. The molecule has 2 nitrogen and oxygen atoms in total. The molecule has 1 fully saturated rings. The summed E-state index contributed by atoms with van der Waals surface area (Å²) in [5.41, 5.74) is 9.26. The second kappa shape index (κ2) is 6.26. The van der Waals surface area contributed by atoms with Crippen molar-refractivity contribution in [2.75, 3.05) is 17.6 Å². The first kappa shape index (κ1) is 15.5. The van der Waals surface area contributed by atoms with Crippen LogP contribution in [0.4, 0.5) is 11.4 Å². The summed E-state index contributed by atoms with van der Waals surface area (Å²) in [4.78, 5) is 0. The zero-order valence-electron chi connectivity index (χ0n) is 12.9. The third-order valence-corrected chi connectivity index (χ3v) is 4.83. The minimum atomic E-state index is 0.467. The Morgan fingerprint density at radius 3 is 2.55 bits per heavy atom. The quantitative estimate of drug-likeness (QED) is 0.728. The van der Waals surface area contributed by atoms with Crippen molar-refractivity contribution in [1.82, 2.24) is 0 Å². The van der Waals surface area contributed by atoms with Crippen LogP contribution in [0.2, 0.25) is 5.02 Å². The Hall–Kier alpha value is -0.890. The maximum Gasteiger partial charge on any atom is 0.0656 e. The fourth-order valence-electron chi connectivity index (χ4n) is 3.62. The number of rotatable bonds is 5. The number of nitrogens with two attached hydrogens (primary N) is 1. The van der Waals surface area contributed by atoms with Crippen molar-refractivity contribution in [3.8, 4) is 0 Å². The number of hydrogen-bond acceptors (Lipinski definition) is 2. The van der Waals surface area contributed by atoms with Gasteiger partial charge in [0.25, 0.3) is 0 Å². The minimum absolute atomic E-state index is 0.467. The molecule has 0 atom stereocenters. The van der Waals surface area contributed by atoms with E-state index in [9.17, 15) is 0 Å². The van der Waals surface area contributed by atoms with Crippen molar-refractivity contribution >= 4 is 23.0 Å². The molecule has 0 aromatic heterocycles. The fraction of sp³-hybridized carbons (Fsp3) is 0.647. The average molecular weight is 295 g/mol. The van der Waals surface area contributed by atoms with Gasteiger partial charge in [-0.05, 0) is 55.2 Å². The molecule has 0 radical (unpaired) electrons. The van der Waals surface area contributed by atoms with E-state index in [-0.39, 0.29) is 0 Å². The van der Waals surface area contributed by atoms with Gasteiger partial charge in [-0.2, -0.15) is 0 Å². The lowest BCUT2D eigenvalue weighted by molar-refractivity contribution is 0.252. The number of nitrogens with one attached hydrogen (secondary N) is 1. The van der Waals surface area contributed by atoms with E-state index in [1.54, 1.807) is 0 Å². The summed E-state index contributed by atoms with van der Waals surface area (Å²) in [6.07, 6.45) is 6.74. The molecule has 112 valence electrons. The Bertz CT molecular complexity index is 462. The standard InChI is InChI=1S/C17H27ClN2/c1-12(2)10-17(6-4-5-7-17)11-20-16-9-14(18)15(19)8-13(16)3/h8-9,12,20H,4-7,10-11,19H2,1-3H3. The van der Waals surface area contributed by atoms with Crippen LogP contribution < -0.4 is 11.1 Å². The molecule has 0 saturated heterocycles. The zero-order valence-corrected chi connectivity index (χ0v) is 13.7. The maximum atomic E-state index is 6.14. The minimum Gasteiger partial charge on any atom is -0.398 e. The molecule has 0 heterocycles. The van der Waals surface area contributed by atoms with Crippen molar-refractivity contribution in [1.29, 1.82) is 0 Å². The van der Waals surface area contributed by atoms with Crippen LogP contribution in [0.1, 0.15) is 51.5 Å². The van der Waals surface area contributed by atoms with Gasteiger partial charge >= 0.3 is 0 Å². The van der Waals surface area contributed by atoms with Gasteiger partial charge in [0.05, 0.1) is 10.7 Å². The smallest absolute Gasteiger partial charge is 0.0656 e. The van der Waals surface area contributed by atoms with E-state index in [0.717, 1.165) is 18.2 Å². The number of hydrogen-bond donors (Lipinski definition) is 2. The molecule has 0 spiro atoms. The van der Waals surface area contributed by atoms with E-state index in [2.05, 4.69) is 26.1 Å². The van der Waals surface area contributed by atoms with Crippen LogP contribution in [0.5, 0.6) is 0 Å². The van der Waals surface area contributed by atoms with E-state index >= 15 is 0 Å². The molecule has 1 aromatic carbocycles. The van der Waals surface area contributed by atoms with Crippen molar-refractivity contribution in [3.63, 3.8) is 0 Å². The highest BCUT2D eigenvalue weighted by molar-refractivity contribution is 6.33. The highest BCUT2D eigenvalue weighted by Crippen LogP contribution is 2.43. The van der Waals surface area contributed by atoms with Crippen LogP contribution in [0.15, 0.2) is 12.1 Å². The summed E-state index contributed by atoms with van der Waals surface area (Å²) >= 11 is 6.14. The molecular weight excluding hydrogens is 268 g/mol. The highest BCUT2D eigenvalue weighted by Gasteiger charge is 2.34. The summed E-state index contributed by atoms with van der Waals surface area (Å²) in [6.45, 7) is 7.78. The first-order valence-corrected chi connectivity index (χ1v) is 8.09. The third kappa shape index (κ3) is 3.60. The van der Waals surface area contributed by atoms with E-state index in [1.807, 2.05) is 12.1 Å². The zero-order chi connectivity index (χ0) is 14.8. The number of aryl methyl sites for hydroxylation is 1. The Morgan fingerprint density at radius 1 is 1.30 bits per heavy atom. The van der Waals surface area contributed by atoms with Gasteiger partial charge in [-0.3, -0.25) is 0 Å². The predicted octanol–water partition coefficient (Wildman–Crippen LogP) is 5.25. The van der Waals surface area contributed by atoms with E-state index in [4.69, 9.17) is 17.3 Å². The molecule has 20 heavy (non-hydrogen) atoms. The lowest BCUT2D eigenvalue weighted by Crippen LogP contribution is -2.28. The lowest BCUT2D eigenvalue weighted by Gasteiger charge is -2.32. The van der Waals surface area contributed by atoms with Crippen molar-refractivity contribution in [2.45, 2.75) is 52.9 Å². The van der Waals surface area contributed by atoms with Crippen LogP contribution in [-0.2, 0) is 0 Å². The molecule has 0 unspecified atom stereocenters. The van der Waals surface area contributed by atoms with Gasteiger partial charge in [0.2, 0.25) is 0 Å². The molecule has 3 heteroatoms. The first-order chi connectivity index (χ1) is 9.42. The van der Waals surface area contributed by atoms with Crippen LogP contribution >= 0.6 is 11.6 Å². The predicted molar refractivity (Wildman–Crippen MR) is 89.4 cm³/mol. The molecule has 2 rings (SSSR count). The van der Waals surface area contributed by atoms with E-state index in [1.165, 1.54) is 37.7 Å². The van der Waals surface area contributed by atoms with Gasteiger partial charge in [-0.25, -0.2) is 0 Å². The Kier molecular flexibility index (Phi) is 4.85. The van der Waals surface area contributed by atoms with Crippen molar-refractivity contribution < 1.29 is 0 Å². The Balaban J connectivity index is 2.08. The molecular formula is C17H27ClN2. The number of benzene rings is 1. The average Bonchev–Trinajstić information content (AvgIpc) is 2.80. The van der Waals surface area contributed by atoms with E-state index in [0.29, 0.717) is 16.1 Å². The SMILES string of the molecule is Cc1cc(N)c(Cl)cc1NCC1(CC(C)C)CCCC1. The normalized spacial score (nSPS) is 17.6. The van der Waals surface area contributed by atoms with Gasteiger partial charge in [-0.15, -0.1) is 0 Å². The summed E-state index contributed by atoms with van der Waals surface area (Å²) in [6, 6.07) is 3.92. The van der Waals surface area contributed by atoms with Crippen molar-refractivity contribution in [2.24, 2.45) is 11.3 Å². The molecule has 1 aliphatic carbocycles. The number of nitrogen functional groups attached to an aromatic ring is 1. The molecule has 3 N–H and O–H groups in total. The summed E-state index contributed by atoms with van der Waals surface area (Å²) in [7, 11) is 0. The molecule has 0 bridgehead atoms. The molecule has 1 aromatic rings. The Morgan fingerprint density at radius 2 is 1.95 bits per heavy atom. The molecule has 1 saturated carbocycles. The van der Waals surface area contributed by atoms with Crippen LogP contribution in [0.25, 0.3) is 0 Å². The monoisotopic (exact) mass is 294 g/mol.